The fraction of sp³-hybridized carbons (Fsp3) is 0.300. The highest BCUT2D eigenvalue weighted by Crippen LogP contribution is 2.47. The second kappa shape index (κ2) is 13.0. The molecule has 39 heavy (non-hydrogen) atoms. The highest BCUT2D eigenvalue weighted by atomic mass is 16.5. The van der Waals surface area contributed by atoms with Crippen LogP contribution in [0, 0.1) is 17.2 Å². The van der Waals surface area contributed by atoms with Crippen LogP contribution < -0.4 is 30.8 Å². The molecule has 3 aromatic carbocycles. The predicted molar refractivity (Wildman–Crippen MR) is 146 cm³/mol. The molecule has 0 saturated carbocycles. The fourth-order valence-electron chi connectivity index (χ4n) is 5.00. The highest BCUT2D eigenvalue weighted by molar-refractivity contribution is 5.47. The quantitative estimate of drug-likeness (QED) is 0.359. The van der Waals surface area contributed by atoms with E-state index in [4.69, 9.17) is 29.8 Å². The van der Waals surface area contributed by atoms with Gasteiger partial charge in [0, 0.05) is 30.1 Å². The van der Waals surface area contributed by atoms with Crippen molar-refractivity contribution in [1.29, 1.82) is 5.26 Å². The van der Waals surface area contributed by atoms with Crippen LogP contribution in [-0.2, 0) is 11.3 Å². The largest absolute Gasteiger partial charge is 0.497 e. The molecule has 5 rings (SSSR count). The van der Waals surface area contributed by atoms with Crippen LogP contribution in [0.3, 0.4) is 0 Å². The number of aliphatic hydroxyl groups is 1. The van der Waals surface area contributed by atoms with E-state index >= 15 is 0 Å². The molecule has 204 valence electrons. The van der Waals surface area contributed by atoms with Gasteiger partial charge >= 0.3 is 0 Å². The molecule has 4 atom stereocenters. The molecular weight excluding hydrogens is 496 g/mol. The van der Waals surface area contributed by atoms with E-state index in [0.29, 0.717) is 22.8 Å². The lowest BCUT2D eigenvalue weighted by atomic mass is 9.74. The average Bonchev–Trinajstić information content (AvgIpc) is 3.39. The van der Waals surface area contributed by atoms with E-state index in [2.05, 4.69) is 29.1 Å². The number of hydrazine groups is 1. The van der Waals surface area contributed by atoms with Crippen LogP contribution in [0.5, 0.6) is 17.2 Å². The lowest BCUT2D eigenvalue weighted by Crippen LogP contribution is -2.41. The monoisotopic (exact) mass is 530 g/mol. The lowest BCUT2D eigenvalue weighted by molar-refractivity contribution is 0.0340. The molecule has 0 amide bonds. The van der Waals surface area contributed by atoms with Crippen molar-refractivity contribution in [1.82, 2.24) is 10.9 Å². The molecule has 2 heterocycles. The smallest absolute Gasteiger partial charge is 0.200 e. The van der Waals surface area contributed by atoms with E-state index in [1.165, 1.54) is 0 Å². The zero-order valence-corrected chi connectivity index (χ0v) is 22.3. The van der Waals surface area contributed by atoms with E-state index in [-0.39, 0.29) is 37.0 Å². The number of hydrogen-bond donors (Lipinski definition) is 4. The summed E-state index contributed by atoms with van der Waals surface area (Å²) in [5.41, 5.74) is 16.1. The first-order chi connectivity index (χ1) is 19.0. The summed E-state index contributed by atoms with van der Waals surface area (Å²) in [7, 11) is 3.25. The minimum atomic E-state index is -0.393. The van der Waals surface area contributed by atoms with Crippen LogP contribution in [0.1, 0.15) is 35.6 Å². The van der Waals surface area contributed by atoms with Crippen LogP contribution in [0.2, 0.25) is 0 Å². The van der Waals surface area contributed by atoms with E-state index < -0.39 is 6.23 Å². The van der Waals surface area contributed by atoms with Gasteiger partial charge < -0.3 is 29.8 Å². The molecule has 0 aromatic heterocycles. The number of hydrogen-bond acceptors (Lipinski definition) is 9. The number of ether oxygens (including phenoxy) is 4. The van der Waals surface area contributed by atoms with E-state index in [0.717, 1.165) is 16.7 Å². The van der Waals surface area contributed by atoms with Crippen LogP contribution in [0.25, 0.3) is 0 Å². The number of nitriles is 1. The van der Waals surface area contributed by atoms with Gasteiger partial charge in [-0.1, -0.05) is 42.5 Å². The van der Waals surface area contributed by atoms with Crippen LogP contribution in [0.15, 0.2) is 84.3 Å². The van der Waals surface area contributed by atoms with Gasteiger partial charge in [-0.3, -0.25) is 0 Å². The summed E-state index contributed by atoms with van der Waals surface area (Å²) >= 11 is 0. The summed E-state index contributed by atoms with van der Waals surface area (Å²) in [6.45, 7) is 2.21. The van der Waals surface area contributed by atoms with Gasteiger partial charge in [0.25, 0.3) is 0 Å². The second-order valence-electron chi connectivity index (χ2n) is 9.02. The Kier molecular flexibility index (Phi) is 9.28. The first kappa shape index (κ1) is 27.8. The number of nitrogens with two attached hydrogens (primary N) is 1. The van der Waals surface area contributed by atoms with Crippen molar-refractivity contribution in [2.75, 3.05) is 20.8 Å². The SMILES string of the molecule is CCO.COc1cccc(OCc2cc(C3C(C#N)=C(N)OC4NNC(c5ccccc5)C43)ccc2OC)c1. The zero-order valence-electron chi connectivity index (χ0n) is 22.3. The van der Waals surface area contributed by atoms with Gasteiger partial charge in [0.2, 0.25) is 5.88 Å². The summed E-state index contributed by atoms with van der Waals surface area (Å²) in [5, 5.41) is 17.6. The predicted octanol–water partition coefficient (Wildman–Crippen LogP) is 3.88. The van der Waals surface area contributed by atoms with Crippen molar-refractivity contribution in [2.24, 2.45) is 11.7 Å². The molecule has 2 aliphatic rings. The van der Waals surface area contributed by atoms with Crippen molar-refractivity contribution in [3.8, 4) is 23.3 Å². The van der Waals surface area contributed by atoms with Gasteiger partial charge in [-0.25, -0.2) is 10.9 Å². The number of aliphatic hydroxyl groups excluding tert-OH is 1. The first-order valence-corrected chi connectivity index (χ1v) is 12.7. The third-order valence-corrected chi connectivity index (χ3v) is 6.71. The van der Waals surface area contributed by atoms with Gasteiger partial charge in [-0.05, 0) is 42.3 Å². The fourth-order valence-corrected chi connectivity index (χ4v) is 5.00. The number of methoxy groups -OCH3 is 2. The number of nitrogens with zero attached hydrogens (tertiary/aromatic N) is 1. The van der Waals surface area contributed by atoms with Gasteiger partial charge in [0.1, 0.15) is 29.9 Å². The Morgan fingerprint density at radius 1 is 0.949 bits per heavy atom. The van der Waals surface area contributed by atoms with Gasteiger partial charge in [0.05, 0.1) is 25.8 Å². The average molecular weight is 531 g/mol. The number of nitrogens with one attached hydrogen (secondary N) is 2. The Bertz CT molecular complexity index is 1320. The maximum absolute atomic E-state index is 10.1. The normalized spacial score (nSPS) is 21.5. The standard InChI is InChI=1S/C28H28N4O4.C2H6O/c1-33-20-9-6-10-21(14-20)35-16-19-13-18(11-12-23(19)34-2)24-22(15-29)27(30)36-28-25(24)26(31-32-28)17-7-4-3-5-8-17;1-2-3/h3-14,24-26,28,31-32H,16,30H2,1-2H3;3H,2H2,1H3. The zero-order chi connectivity index (χ0) is 27.8. The summed E-state index contributed by atoms with van der Waals surface area (Å²) in [5.74, 6) is 1.81. The third kappa shape index (κ3) is 6.10. The van der Waals surface area contributed by atoms with E-state index in [9.17, 15) is 5.26 Å². The third-order valence-electron chi connectivity index (χ3n) is 6.71. The van der Waals surface area contributed by atoms with Crippen molar-refractivity contribution in [3.63, 3.8) is 0 Å². The summed E-state index contributed by atoms with van der Waals surface area (Å²) in [6.07, 6.45) is -0.393. The molecule has 1 fully saturated rings. The lowest BCUT2D eigenvalue weighted by Gasteiger charge is -2.36. The van der Waals surface area contributed by atoms with Gasteiger partial charge in [-0.2, -0.15) is 5.26 Å². The minimum Gasteiger partial charge on any atom is -0.497 e. The molecule has 3 aromatic rings. The Labute approximate surface area is 228 Å². The molecular formula is C30H34N4O5. The Morgan fingerprint density at radius 3 is 2.38 bits per heavy atom. The van der Waals surface area contributed by atoms with Crippen LogP contribution in [0.4, 0.5) is 0 Å². The topological polar surface area (TPSA) is 131 Å². The molecule has 9 nitrogen and oxygen atoms in total. The summed E-state index contributed by atoms with van der Waals surface area (Å²) in [4.78, 5) is 0. The van der Waals surface area contributed by atoms with Crippen LogP contribution in [-0.4, -0.2) is 32.2 Å². The number of benzene rings is 3. The molecule has 1 saturated heterocycles. The van der Waals surface area contributed by atoms with Gasteiger partial charge in [-0.15, -0.1) is 0 Å². The summed E-state index contributed by atoms with van der Waals surface area (Å²) < 4.78 is 22.9. The molecule has 2 aliphatic heterocycles. The summed E-state index contributed by atoms with van der Waals surface area (Å²) in [6, 6.07) is 25.7. The number of rotatable bonds is 7. The van der Waals surface area contributed by atoms with Crippen LogP contribution >= 0.6 is 0 Å². The Balaban J connectivity index is 0.00000112. The van der Waals surface area contributed by atoms with Crippen molar-refractivity contribution >= 4 is 0 Å². The van der Waals surface area contributed by atoms with E-state index in [1.54, 1.807) is 21.1 Å². The van der Waals surface area contributed by atoms with Gasteiger partial charge in [0.15, 0.2) is 6.23 Å². The molecule has 0 radical (unpaired) electrons. The molecule has 0 spiro atoms. The Morgan fingerprint density at radius 2 is 1.69 bits per heavy atom. The highest BCUT2D eigenvalue weighted by Gasteiger charge is 2.49. The Hall–Kier alpha value is -4.23. The van der Waals surface area contributed by atoms with Crippen molar-refractivity contribution in [3.05, 3.63) is 101 Å². The maximum atomic E-state index is 10.1. The number of fused-ring (bicyclic) bond motifs is 1. The van der Waals surface area contributed by atoms with Crippen molar-refractivity contribution in [2.45, 2.75) is 31.7 Å². The molecule has 5 N–H and O–H groups in total. The molecule has 9 heteroatoms. The second-order valence-corrected chi connectivity index (χ2v) is 9.02. The first-order valence-electron chi connectivity index (χ1n) is 12.7. The maximum Gasteiger partial charge on any atom is 0.200 e. The number of allylic oxidation sites excluding steroid dienone is 1. The van der Waals surface area contributed by atoms with E-state index in [1.807, 2.05) is 60.7 Å². The van der Waals surface area contributed by atoms with Crippen molar-refractivity contribution < 1.29 is 24.1 Å². The minimum absolute atomic E-state index is 0.0868. The molecule has 4 unspecified atom stereocenters. The molecule has 0 aliphatic carbocycles. The molecule has 0 bridgehead atoms.